The minimum absolute atomic E-state index is 0.0773. The molecule has 0 saturated heterocycles. The Labute approximate surface area is 340 Å². The van der Waals surface area contributed by atoms with Crippen molar-refractivity contribution in [1.29, 1.82) is 5.26 Å². The number of nitrogens with two attached hydrogens (primary N) is 1. The second-order valence-corrected chi connectivity index (χ2v) is 13.3. The highest BCUT2D eigenvalue weighted by atomic mass is 19.4. The summed E-state index contributed by atoms with van der Waals surface area (Å²) >= 11 is 0. The van der Waals surface area contributed by atoms with Crippen molar-refractivity contribution < 1.29 is 37.0 Å². The molecule has 0 radical (unpaired) electrons. The highest BCUT2D eigenvalue weighted by Crippen LogP contribution is 2.10. The van der Waals surface area contributed by atoms with Crippen molar-refractivity contribution in [3.05, 3.63) is 71.3 Å². The van der Waals surface area contributed by atoms with E-state index in [4.69, 9.17) is 25.3 Å². The molecular formula is C34H41F3N18O5. The van der Waals surface area contributed by atoms with Gasteiger partial charge in [0.15, 0.2) is 11.6 Å². The Bertz CT molecular complexity index is 2180. The molecular weight excluding hydrogens is 797 g/mol. The minimum atomic E-state index is -4.64. The normalized spacial score (nSPS) is 10.7. The molecule has 318 valence electrons. The van der Waals surface area contributed by atoms with Crippen LogP contribution in [0.2, 0.25) is 0 Å². The molecule has 0 atom stereocenters. The van der Waals surface area contributed by atoms with Gasteiger partial charge in [-0.1, -0.05) is 0 Å². The van der Waals surface area contributed by atoms with Crippen molar-refractivity contribution in [2.24, 2.45) is 5.73 Å². The van der Waals surface area contributed by atoms with Gasteiger partial charge in [0.25, 0.3) is 0 Å². The molecule has 5 aromatic rings. The zero-order valence-electron chi connectivity index (χ0n) is 33.6. The largest absolute Gasteiger partial charge is 0.446 e. The van der Waals surface area contributed by atoms with Crippen LogP contribution in [0.4, 0.5) is 22.8 Å². The third kappa shape index (κ3) is 20.7. The predicted octanol–water partition coefficient (Wildman–Crippen LogP) is 2.67. The highest BCUT2D eigenvalue weighted by Gasteiger charge is 2.25. The molecule has 60 heavy (non-hydrogen) atoms. The van der Waals surface area contributed by atoms with Crippen LogP contribution >= 0.6 is 0 Å². The molecule has 0 aliphatic carbocycles. The first-order valence-corrected chi connectivity index (χ1v) is 17.2. The maximum atomic E-state index is 11.6. The molecule has 0 fully saturated rings. The van der Waals surface area contributed by atoms with Crippen LogP contribution in [0.25, 0.3) is 23.3 Å². The summed E-state index contributed by atoms with van der Waals surface area (Å²) in [4.78, 5) is 55.8. The molecule has 5 aromatic heterocycles. The van der Waals surface area contributed by atoms with Crippen LogP contribution in [0.3, 0.4) is 0 Å². The standard InChI is InChI=1S/C13H17N7O2.C11H14N4O2.C8H9N7.C2HF3O/c1-8-17-19-11(20-18-8)10-14-6-5-9(16-10)7-15-12(21)22-13(2,3)4;1-11(2,3)17-10(16)14-7-8-4-5-13-9(6-12)15-8;1-5-12-14-8(15-13-5)7-10-3-2-6(4-9)11-7;3-2(4,5)1-6/h5-6H,7H2,1-4H3,(H,15,21);4-5H,7H2,1-3H3,(H,14,16);2-3H,4,9H2,1H3;1H. The number of rotatable bonds is 7. The molecule has 4 N–H and O–H groups in total. The summed E-state index contributed by atoms with van der Waals surface area (Å²) in [5.41, 5.74) is 6.26. The lowest BCUT2D eigenvalue weighted by atomic mass is 10.2. The number of nitrogens with zero attached hydrogens (tertiary/aromatic N) is 15. The SMILES string of the molecule is CC(C)(C)OC(=O)NCc1ccnc(C#N)n1.Cc1nnc(-c2nccc(CN)n2)nn1.Cc1nnc(-c2nccc(CNC(=O)OC(C)(C)C)n2)nn1.O=CC(F)(F)F. The van der Waals surface area contributed by atoms with E-state index in [9.17, 15) is 22.8 Å². The van der Waals surface area contributed by atoms with Gasteiger partial charge in [0.05, 0.1) is 30.2 Å². The number of ether oxygens (including phenoxy) is 2. The van der Waals surface area contributed by atoms with Crippen LogP contribution in [-0.2, 0) is 33.9 Å². The maximum Gasteiger partial charge on any atom is 0.446 e. The minimum Gasteiger partial charge on any atom is -0.444 e. The Hall–Kier alpha value is -7.43. The van der Waals surface area contributed by atoms with E-state index in [2.05, 4.69) is 81.3 Å². The van der Waals surface area contributed by atoms with Crippen molar-refractivity contribution in [2.75, 3.05) is 0 Å². The first-order valence-electron chi connectivity index (χ1n) is 17.2. The van der Waals surface area contributed by atoms with Crippen LogP contribution in [-0.4, -0.2) is 107 Å². The molecule has 0 aliphatic heterocycles. The lowest BCUT2D eigenvalue weighted by Crippen LogP contribution is -2.32. The van der Waals surface area contributed by atoms with Crippen LogP contribution < -0.4 is 16.4 Å². The van der Waals surface area contributed by atoms with Crippen molar-refractivity contribution >= 4 is 18.5 Å². The first-order chi connectivity index (χ1) is 28.1. The smallest absolute Gasteiger partial charge is 0.444 e. The molecule has 0 unspecified atom stereocenters. The molecule has 2 amide bonds. The number of alkyl carbamates (subject to hydrolysis) is 2. The summed E-state index contributed by atoms with van der Waals surface area (Å²) in [5.74, 6) is 2.26. The van der Waals surface area contributed by atoms with Crippen LogP contribution in [0, 0.1) is 25.2 Å². The van der Waals surface area contributed by atoms with Crippen LogP contribution in [0.1, 0.15) is 76.1 Å². The fourth-order valence-corrected chi connectivity index (χ4v) is 3.46. The van der Waals surface area contributed by atoms with Crippen molar-refractivity contribution in [3.8, 4) is 29.4 Å². The third-order valence-electron chi connectivity index (χ3n) is 5.77. The fraction of sp³-hybridized carbons (Fsp3) is 0.412. The van der Waals surface area contributed by atoms with Gasteiger partial charge in [0.2, 0.25) is 35.4 Å². The monoisotopic (exact) mass is 838 g/mol. The molecule has 0 spiro atoms. The fourth-order valence-electron chi connectivity index (χ4n) is 3.46. The van der Waals surface area contributed by atoms with Gasteiger partial charge < -0.3 is 25.8 Å². The van der Waals surface area contributed by atoms with Gasteiger partial charge in [-0.05, 0) is 73.6 Å². The van der Waals surface area contributed by atoms with Gasteiger partial charge in [-0.3, -0.25) is 4.79 Å². The van der Waals surface area contributed by atoms with Gasteiger partial charge >= 0.3 is 18.4 Å². The van der Waals surface area contributed by atoms with Crippen LogP contribution in [0.15, 0.2) is 36.8 Å². The van der Waals surface area contributed by atoms with Crippen molar-refractivity contribution in [3.63, 3.8) is 0 Å². The topological polar surface area (TPSA) is 324 Å². The van der Waals surface area contributed by atoms with Gasteiger partial charge in [0, 0.05) is 25.1 Å². The van der Waals surface area contributed by atoms with E-state index in [0.717, 1.165) is 5.69 Å². The average Bonchev–Trinajstić information content (AvgIpc) is 3.19. The Kier molecular flexibility index (Phi) is 18.8. The van der Waals surface area contributed by atoms with Gasteiger partial charge in [-0.15, -0.1) is 40.8 Å². The molecule has 0 bridgehead atoms. The zero-order valence-corrected chi connectivity index (χ0v) is 33.6. The number of hydrogen-bond acceptors (Lipinski definition) is 21. The number of amides is 2. The van der Waals surface area contributed by atoms with Crippen molar-refractivity contribution in [1.82, 2.24) is 81.3 Å². The molecule has 23 nitrogen and oxygen atoms in total. The van der Waals surface area contributed by atoms with E-state index >= 15 is 0 Å². The van der Waals surface area contributed by atoms with Gasteiger partial charge in [0.1, 0.15) is 17.3 Å². The average molecular weight is 839 g/mol. The number of aldehydes is 1. The van der Waals surface area contributed by atoms with E-state index in [1.54, 1.807) is 86.0 Å². The number of hydrogen-bond donors (Lipinski definition) is 3. The lowest BCUT2D eigenvalue weighted by molar-refractivity contribution is -0.156. The number of nitrogens with one attached hydrogen (secondary N) is 2. The number of carbonyl (C=O) groups is 3. The van der Waals surface area contributed by atoms with Gasteiger partial charge in [-0.2, -0.15) is 18.4 Å². The summed E-state index contributed by atoms with van der Waals surface area (Å²) in [5, 5.41) is 44.4. The molecule has 5 heterocycles. The molecule has 0 saturated carbocycles. The molecule has 0 aliphatic rings. The van der Waals surface area contributed by atoms with E-state index in [1.807, 2.05) is 6.07 Å². The van der Waals surface area contributed by atoms with E-state index in [1.165, 1.54) is 6.20 Å². The maximum absolute atomic E-state index is 11.6. The van der Waals surface area contributed by atoms with Gasteiger partial charge in [-0.25, -0.2) is 39.5 Å². The number of aromatic nitrogens is 14. The lowest BCUT2D eigenvalue weighted by Gasteiger charge is -2.19. The number of carbonyl (C=O) groups excluding carboxylic acids is 3. The molecule has 26 heteroatoms. The molecule has 5 rings (SSSR count). The Morgan fingerprint density at radius 2 is 1.03 bits per heavy atom. The summed E-state index contributed by atoms with van der Waals surface area (Å²) < 4.78 is 41.5. The Morgan fingerprint density at radius 3 is 1.40 bits per heavy atom. The second-order valence-electron chi connectivity index (χ2n) is 13.3. The summed E-state index contributed by atoms with van der Waals surface area (Å²) in [7, 11) is 0. The first kappa shape index (κ1) is 48.7. The van der Waals surface area contributed by atoms with Crippen molar-refractivity contribution in [2.45, 2.75) is 92.4 Å². The Morgan fingerprint density at radius 1 is 0.667 bits per heavy atom. The molecule has 0 aromatic carbocycles. The number of aryl methyl sites for hydroxylation is 2. The van der Waals surface area contributed by atoms with Crippen LogP contribution in [0.5, 0.6) is 0 Å². The number of alkyl halides is 3. The number of nitriles is 1. The second kappa shape index (κ2) is 23.1. The predicted molar refractivity (Wildman–Crippen MR) is 200 cm³/mol. The van der Waals surface area contributed by atoms with E-state index < -0.39 is 35.9 Å². The van der Waals surface area contributed by atoms with E-state index in [0.29, 0.717) is 47.1 Å². The Balaban J connectivity index is 0.000000295. The highest BCUT2D eigenvalue weighted by molar-refractivity contribution is 5.68. The summed E-state index contributed by atoms with van der Waals surface area (Å²) in [6, 6.07) is 6.86. The quantitative estimate of drug-likeness (QED) is 0.198. The zero-order chi connectivity index (χ0) is 44.9. The summed E-state index contributed by atoms with van der Waals surface area (Å²) in [6.45, 7) is 14.9. The number of halogens is 3. The summed E-state index contributed by atoms with van der Waals surface area (Å²) in [6.07, 6.45) is -2.10. The van der Waals surface area contributed by atoms with E-state index in [-0.39, 0.29) is 24.7 Å². The third-order valence-corrected chi connectivity index (χ3v) is 5.77.